The fourth-order valence-corrected chi connectivity index (χ4v) is 2.86. The summed E-state index contributed by atoms with van der Waals surface area (Å²) in [6, 6.07) is 8.63. The summed E-state index contributed by atoms with van der Waals surface area (Å²) < 4.78 is 26.5. The third-order valence-corrected chi connectivity index (χ3v) is 4.46. The number of nitrogens with zero attached hydrogens (tertiary/aromatic N) is 1. The van der Waals surface area contributed by atoms with Crippen LogP contribution in [0.25, 0.3) is 0 Å². The van der Waals surface area contributed by atoms with Crippen molar-refractivity contribution in [2.24, 2.45) is 0 Å². The van der Waals surface area contributed by atoms with Gasteiger partial charge in [-0.05, 0) is 30.3 Å². The molecule has 0 atom stereocenters. The number of benzene rings is 1. The highest BCUT2D eigenvalue weighted by atomic mass is 35.5. The van der Waals surface area contributed by atoms with Crippen LogP contribution in [0.3, 0.4) is 0 Å². The summed E-state index contributed by atoms with van der Waals surface area (Å²) in [6.45, 7) is 0. The van der Waals surface area contributed by atoms with Gasteiger partial charge in [0.05, 0.1) is 14.9 Å². The third-order valence-electron chi connectivity index (χ3n) is 2.16. The van der Waals surface area contributed by atoms with Crippen LogP contribution in [0, 0.1) is 0 Å². The summed E-state index contributed by atoms with van der Waals surface area (Å²) >= 11 is 17.2. The van der Waals surface area contributed by atoms with Gasteiger partial charge in [-0.15, -0.1) is 0 Å². The van der Waals surface area contributed by atoms with E-state index in [2.05, 4.69) is 9.71 Å². The minimum Gasteiger partial charge on any atom is -0.263 e. The van der Waals surface area contributed by atoms with Crippen molar-refractivity contribution in [2.45, 2.75) is 4.90 Å². The lowest BCUT2D eigenvalue weighted by Crippen LogP contribution is -2.13. The molecule has 0 bridgehead atoms. The lowest BCUT2D eigenvalue weighted by atomic mass is 10.4. The Bertz CT molecular complexity index is 720. The largest absolute Gasteiger partial charge is 0.263 e. The molecule has 19 heavy (non-hydrogen) atoms. The number of aromatic nitrogens is 1. The maximum Gasteiger partial charge on any atom is 0.263 e. The van der Waals surface area contributed by atoms with Gasteiger partial charge in [0.1, 0.15) is 11.0 Å². The SMILES string of the molecule is O=S(=O)(Nc1cccc(Cl)n1)c1ccc(Cl)c(Cl)c1. The van der Waals surface area contributed by atoms with Gasteiger partial charge < -0.3 is 0 Å². The maximum atomic E-state index is 12.1. The molecule has 1 aromatic carbocycles. The molecular formula is C11H7Cl3N2O2S. The Balaban J connectivity index is 2.35. The van der Waals surface area contributed by atoms with Gasteiger partial charge in [-0.25, -0.2) is 13.4 Å². The molecule has 0 aliphatic carbocycles. The van der Waals surface area contributed by atoms with E-state index in [0.29, 0.717) is 0 Å². The summed E-state index contributed by atoms with van der Waals surface area (Å²) in [6.07, 6.45) is 0. The maximum absolute atomic E-state index is 12.1. The topological polar surface area (TPSA) is 59.1 Å². The fourth-order valence-electron chi connectivity index (χ4n) is 1.31. The van der Waals surface area contributed by atoms with E-state index in [1.165, 1.54) is 24.3 Å². The fraction of sp³-hybridized carbons (Fsp3) is 0. The Morgan fingerprint density at radius 3 is 2.37 bits per heavy atom. The summed E-state index contributed by atoms with van der Waals surface area (Å²) in [5, 5.41) is 0.624. The molecule has 2 rings (SSSR count). The predicted molar refractivity (Wildman–Crippen MR) is 76.5 cm³/mol. The molecule has 0 aliphatic rings. The van der Waals surface area contributed by atoms with E-state index in [1.54, 1.807) is 12.1 Å². The number of hydrogen-bond acceptors (Lipinski definition) is 3. The minimum absolute atomic E-state index is 0.0105. The summed E-state index contributed by atoms with van der Waals surface area (Å²) in [4.78, 5) is 3.83. The molecule has 0 saturated heterocycles. The monoisotopic (exact) mass is 336 g/mol. The van der Waals surface area contributed by atoms with Crippen LogP contribution >= 0.6 is 34.8 Å². The molecule has 0 aliphatic heterocycles. The van der Waals surface area contributed by atoms with Crippen molar-refractivity contribution in [3.05, 3.63) is 51.6 Å². The van der Waals surface area contributed by atoms with Crippen molar-refractivity contribution in [1.82, 2.24) is 4.98 Å². The van der Waals surface area contributed by atoms with E-state index in [4.69, 9.17) is 34.8 Å². The molecular weight excluding hydrogens is 331 g/mol. The average molecular weight is 338 g/mol. The second-order valence-corrected chi connectivity index (χ2v) is 6.41. The molecule has 100 valence electrons. The third kappa shape index (κ3) is 3.51. The van der Waals surface area contributed by atoms with E-state index < -0.39 is 10.0 Å². The quantitative estimate of drug-likeness (QED) is 0.866. The van der Waals surface area contributed by atoms with E-state index >= 15 is 0 Å². The van der Waals surface area contributed by atoms with Crippen molar-refractivity contribution < 1.29 is 8.42 Å². The molecule has 1 aromatic heterocycles. The van der Waals surface area contributed by atoms with Gasteiger partial charge in [0.2, 0.25) is 0 Å². The van der Waals surface area contributed by atoms with Gasteiger partial charge in [0.25, 0.3) is 10.0 Å². The van der Waals surface area contributed by atoms with Crippen LogP contribution in [-0.2, 0) is 10.0 Å². The van der Waals surface area contributed by atoms with Crippen molar-refractivity contribution in [3.63, 3.8) is 0 Å². The molecule has 0 unspecified atom stereocenters. The molecule has 0 fully saturated rings. The van der Waals surface area contributed by atoms with E-state index in [1.807, 2.05) is 0 Å². The number of nitrogens with one attached hydrogen (secondary N) is 1. The van der Waals surface area contributed by atoms with Gasteiger partial charge in [-0.1, -0.05) is 40.9 Å². The zero-order chi connectivity index (χ0) is 14.0. The molecule has 4 nitrogen and oxygen atoms in total. The van der Waals surface area contributed by atoms with Crippen LogP contribution in [-0.4, -0.2) is 13.4 Å². The Labute approximate surface area is 125 Å². The predicted octanol–water partition coefficient (Wildman–Crippen LogP) is 3.84. The van der Waals surface area contributed by atoms with Crippen molar-refractivity contribution in [1.29, 1.82) is 0 Å². The minimum atomic E-state index is -3.78. The molecule has 0 amide bonds. The van der Waals surface area contributed by atoms with Crippen LogP contribution in [0.4, 0.5) is 5.82 Å². The van der Waals surface area contributed by atoms with Gasteiger partial charge in [-0.3, -0.25) is 4.72 Å². The van der Waals surface area contributed by atoms with Crippen LogP contribution in [0.1, 0.15) is 0 Å². The van der Waals surface area contributed by atoms with Crippen LogP contribution in [0.5, 0.6) is 0 Å². The molecule has 2 aromatic rings. The number of anilines is 1. The number of hydrogen-bond donors (Lipinski definition) is 1. The molecule has 0 radical (unpaired) electrons. The molecule has 0 spiro atoms. The lowest BCUT2D eigenvalue weighted by Gasteiger charge is -2.08. The molecule has 1 heterocycles. The average Bonchev–Trinajstić information content (AvgIpc) is 2.32. The van der Waals surface area contributed by atoms with Crippen LogP contribution < -0.4 is 4.72 Å². The lowest BCUT2D eigenvalue weighted by molar-refractivity contribution is 0.601. The van der Waals surface area contributed by atoms with E-state index in [9.17, 15) is 8.42 Å². The molecule has 0 saturated carbocycles. The Hall–Kier alpha value is -1.01. The summed E-state index contributed by atoms with van der Waals surface area (Å²) in [7, 11) is -3.78. The highest BCUT2D eigenvalue weighted by Crippen LogP contribution is 2.25. The first-order valence-corrected chi connectivity index (χ1v) is 7.60. The zero-order valence-corrected chi connectivity index (χ0v) is 12.4. The highest BCUT2D eigenvalue weighted by molar-refractivity contribution is 7.92. The first kappa shape index (κ1) is 14.4. The first-order valence-electron chi connectivity index (χ1n) is 4.99. The van der Waals surface area contributed by atoms with E-state index in [-0.39, 0.29) is 25.9 Å². The Morgan fingerprint density at radius 1 is 1.00 bits per heavy atom. The van der Waals surface area contributed by atoms with Crippen molar-refractivity contribution in [2.75, 3.05) is 4.72 Å². The van der Waals surface area contributed by atoms with Crippen LogP contribution in [0.15, 0.2) is 41.3 Å². The van der Waals surface area contributed by atoms with Gasteiger partial charge in [0.15, 0.2) is 0 Å². The van der Waals surface area contributed by atoms with Crippen molar-refractivity contribution >= 4 is 50.6 Å². The summed E-state index contributed by atoms with van der Waals surface area (Å²) in [5.74, 6) is 0.124. The normalized spacial score (nSPS) is 11.3. The standard InChI is InChI=1S/C11H7Cl3N2O2S/c12-8-5-4-7(6-9(8)13)19(17,18)16-11-3-1-2-10(14)15-11/h1-6H,(H,15,16). The van der Waals surface area contributed by atoms with Gasteiger partial charge >= 0.3 is 0 Å². The molecule has 1 N–H and O–H groups in total. The Kier molecular flexibility index (Phi) is 4.20. The van der Waals surface area contributed by atoms with Crippen LogP contribution in [0.2, 0.25) is 15.2 Å². The zero-order valence-electron chi connectivity index (χ0n) is 9.27. The molecule has 8 heteroatoms. The smallest absolute Gasteiger partial charge is 0.263 e. The van der Waals surface area contributed by atoms with Crippen molar-refractivity contribution in [3.8, 4) is 0 Å². The highest BCUT2D eigenvalue weighted by Gasteiger charge is 2.16. The van der Waals surface area contributed by atoms with E-state index in [0.717, 1.165) is 0 Å². The van der Waals surface area contributed by atoms with Gasteiger partial charge in [-0.2, -0.15) is 0 Å². The number of halogens is 3. The number of sulfonamides is 1. The Morgan fingerprint density at radius 2 is 1.74 bits per heavy atom. The summed E-state index contributed by atoms with van der Waals surface area (Å²) in [5.41, 5.74) is 0. The second-order valence-electron chi connectivity index (χ2n) is 3.53. The second kappa shape index (κ2) is 5.54. The van der Waals surface area contributed by atoms with Gasteiger partial charge in [0, 0.05) is 0 Å². The first-order chi connectivity index (χ1) is 8.88. The number of pyridine rings is 1. The number of rotatable bonds is 3.